The fourth-order valence-electron chi connectivity index (χ4n) is 1.34. The lowest BCUT2D eigenvalue weighted by Crippen LogP contribution is -2.34. The Labute approximate surface area is 114 Å². The SMILES string of the molecule is CC(C)CC(=O)NCCNC(=O)c1ccc(Br)o1. The van der Waals surface area contributed by atoms with Crippen LogP contribution in [0.15, 0.2) is 21.2 Å². The quantitative estimate of drug-likeness (QED) is 0.788. The van der Waals surface area contributed by atoms with Gasteiger partial charge < -0.3 is 15.1 Å². The Hall–Kier alpha value is -1.30. The highest BCUT2D eigenvalue weighted by Gasteiger charge is 2.09. The van der Waals surface area contributed by atoms with Gasteiger partial charge in [0, 0.05) is 19.5 Å². The van der Waals surface area contributed by atoms with Gasteiger partial charge in [0.05, 0.1) is 0 Å². The Morgan fingerprint density at radius 1 is 1.28 bits per heavy atom. The van der Waals surface area contributed by atoms with Crippen molar-refractivity contribution in [1.82, 2.24) is 10.6 Å². The molecule has 0 saturated heterocycles. The van der Waals surface area contributed by atoms with Gasteiger partial charge in [0.1, 0.15) is 0 Å². The Balaban J connectivity index is 2.18. The number of hydrogen-bond acceptors (Lipinski definition) is 3. The fourth-order valence-corrected chi connectivity index (χ4v) is 1.65. The van der Waals surface area contributed by atoms with Crippen LogP contribution in [-0.4, -0.2) is 24.9 Å². The molecule has 2 N–H and O–H groups in total. The second-order valence-electron chi connectivity index (χ2n) is 4.31. The molecule has 0 aromatic carbocycles. The van der Waals surface area contributed by atoms with E-state index >= 15 is 0 Å². The Bertz CT molecular complexity index is 415. The van der Waals surface area contributed by atoms with Gasteiger partial charge in [0.15, 0.2) is 10.4 Å². The van der Waals surface area contributed by atoms with Crippen molar-refractivity contribution in [3.8, 4) is 0 Å². The minimum absolute atomic E-state index is 0.00000737. The maximum Gasteiger partial charge on any atom is 0.287 e. The minimum Gasteiger partial charge on any atom is -0.444 e. The standard InChI is InChI=1S/C12H17BrN2O3/c1-8(2)7-11(16)14-5-6-15-12(17)9-3-4-10(13)18-9/h3-4,8H,5-7H2,1-2H3,(H,14,16)(H,15,17). The summed E-state index contributed by atoms with van der Waals surface area (Å²) in [7, 11) is 0. The van der Waals surface area contributed by atoms with E-state index in [2.05, 4.69) is 26.6 Å². The molecular formula is C12H17BrN2O3. The van der Waals surface area contributed by atoms with Crippen LogP contribution in [0.2, 0.25) is 0 Å². The molecule has 0 aliphatic heterocycles. The summed E-state index contributed by atoms with van der Waals surface area (Å²) in [4.78, 5) is 22.9. The first kappa shape index (κ1) is 14.8. The molecule has 1 aromatic rings. The Morgan fingerprint density at radius 2 is 1.94 bits per heavy atom. The fraction of sp³-hybridized carbons (Fsp3) is 0.500. The van der Waals surface area contributed by atoms with E-state index in [1.54, 1.807) is 12.1 Å². The Morgan fingerprint density at radius 3 is 2.50 bits per heavy atom. The average Bonchev–Trinajstić information content (AvgIpc) is 2.70. The van der Waals surface area contributed by atoms with Crippen molar-refractivity contribution in [1.29, 1.82) is 0 Å². The normalized spacial score (nSPS) is 10.4. The lowest BCUT2D eigenvalue weighted by molar-refractivity contribution is -0.121. The highest BCUT2D eigenvalue weighted by Crippen LogP contribution is 2.13. The van der Waals surface area contributed by atoms with Crippen LogP contribution < -0.4 is 10.6 Å². The molecule has 0 aliphatic carbocycles. The number of carbonyl (C=O) groups excluding carboxylic acids is 2. The van der Waals surface area contributed by atoms with Crippen molar-refractivity contribution in [2.24, 2.45) is 5.92 Å². The molecule has 0 spiro atoms. The van der Waals surface area contributed by atoms with Crippen LogP contribution in [0.4, 0.5) is 0 Å². The average molecular weight is 317 g/mol. The van der Waals surface area contributed by atoms with E-state index in [9.17, 15) is 9.59 Å². The number of nitrogens with one attached hydrogen (secondary N) is 2. The van der Waals surface area contributed by atoms with Crippen molar-refractivity contribution >= 4 is 27.7 Å². The number of furan rings is 1. The third kappa shape index (κ3) is 5.35. The maximum atomic E-state index is 11.5. The van der Waals surface area contributed by atoms with Crippen LogP contribution in [0.1, 0.15) is 30.8 Å². The summed E-state index contributed by atoms with van der Waals surface area (Å²) in [6, 6.07) is 3.23. The number of rotatable bonds is 6. The predicted octanol–water partition coefficient (Wildman–Crippen LogP) is 1.93. The van der Waals surface area contributed by atoms with Crippen LogP contribution in [0.25, 0.3) is 0 Å². The summed E-state index contributed by atoms with van der Waals surface area (Å²) >= 11 is 3.12. The van der Waals surface area contributed by atoms with Crippen LogP contribution in [0.5, 0.6) is 0 Å². The molecule has 1 heterocycles. The zero-order valence-corrected chi connectivity index (χ0v) is 12.0. The molecule has 0 aliphatic rings. The molecule has 1 aromatic heterocycles. The molecule has 6 heteroatoms. The highest BCUT2D eigenvalue weighted by atomic mass is 79.9. The number of hydrogen-bond donors (Lipinski definition) is 2. The van der Waals surface area contributed by atoms with Crippen LogP contribution in [0.3, 0.4) is 0 Å². The first-order valence-corrected chi connectivity index (χ1v) is 6.58. The van der Waals surface area contributed by atoms with Crippen molar-refractivity contribution < 1.29 is 14.0 Å². The third-order valence-electron chi connectivity index (χ3n) is 2.12. The molecule has 1 rings (SSSR count). The lowest BCUT2D eigenvalue weighted by Gasteiger charge is -2.07. The molecule has 5 nitrogen and oxygen atoms in total. The molecule has 18 heavy (non-hydrogen) atoms. The van der Waals surface area contributed by atoms with E-state index < -0.39 is 0 Å². The predicted molar refractivity (Wildman–Crippen MR) is 71.2 cm³/mol. The van der Waals surface area contributed by atoms with E-state index in [1.807, 2.05) is 13.8 Å². The monoisotopic (exact) mass is 316 g/mol. The van der Waals surface area contributed by atoms with E-state index in [4.69, 9.17) is 4.42 Å². The van der Waals surface area contributed by atoms with Crippen LogP contribution in [-0.2, 0) is 4.79 Å². The van der Waals surface area contributed by atoms with Gasteiger partial charge in [-0.1, -0.05) is 13.8 Å². The molecule has 0 radical (unpaired) electrons. The third-order valence-corrected chi connectivity index (χ3v) is 2.55. The van der Waals surface area contributed by atoms with Gasteiger partial charge in [0.25, 0.3) is 5.91 Å². The molecule has 0 bridgehead atoms. The lowest BCUT2D eigenvalue weighted by atomic mass is 10.1. The molecule has 100 valence electrons. The molecule has 0 unspecified atom stereocenters. The molecular weight excluding hydrogens is 300 g/mol. The zero-order valence-electron chi connectivity index (χ0n) is 10.5. The first-order valence-electron chi connectivity index (χ1n) is 5.79. The van der Waals surface area contributed by atoms with E-state index in [0.29, 0.717) is 30.1 Å². The summed E-state index contributed by atoms with van der Waals surface area (Å²) in [5.74, 6) is 0.286. The van der Waals surface area contributed by atoms with Gasteiger partial charge in [-0.05, 0) is 34.0 Å². The summed E-state index contributed by atoms with van der Waals surface area (Å²) in [5, 5.41) is 5.39. The van der Waals surface area contributed by atoms with Gasteiger partial charge >= 0.3 is 0 Å². The minimum atomic E-state index is -0.293. The first-order chi connectivity index (χ1) is 8.49. The smallest absolute Gasteiger partial charge is 0.287 e. The van der Waals surface area contributed by atoms with E-state index in [-0.39, 0.29) is 17.6 Å². The second kappa shape index (κ2) is 7.20. The summed E-state index contributed by atoms with van der Waals surface area (Å²) in [6.07, 6.45) is 0.499. The summed E-state index contributed by atoms with van der Waals surface area (Å²) in [5.41, 5.74) is 0. The number of carbonyl (C=O) groups is 2. The van der Waals surface area contributed by atoms with Gasteiger partial charge in [-0.15, -0.1) is 0 Å². The second-order valence-corrected chi connectivity index (χ2v) is 5.09. The largest absolute Gasteiger partial charge is 0.444 e. The summed E-state index contributed by atoms with van der Waals surface area (Å²) < 4.78 is 5.61. The van der Waals surface area contributed by atoms with Crippen molar-refractivity contribution in [2.75, 3.05) is 13.1 Å². The topological polar surface area (TPSA) is 71.3 Å². The molecule has 0 atom stereocenters. The van der Waals surface area contributed by atoms with Gasteiger partial charge in [-0.25, -0.2) is 0 Å². The Kier molecular flexibility index (Phi) is 5.91. The zero-order chi connectivity index (χ0) is 13.5. The molecule has 0 fully saturated rings. The number of halogens is 1. The van der Waals surface area contributed by atoms with Gasteiger partial charge in [-0.3, -0.25) is 9.59 Å². The summed E-state index contributed by atoms with van der Waals surface area (Å²) in [6.45, 7) is 4.76. The van der Waals surface area contributed by atoms with Crippen molar-refractivity contribution in [3.05, 3.63) is 22.6 Å². The van der Waals surface area contributed by atoms with Crippen LogP contribution in [0, 0.1) is 5.92 Å². The van der Waals surface area contributed by atoms with Crippen molar-refractivity contribution in [2.45, 2.75) is 20.3 Å². The maximum absolute atomic E-state index is 11.5. The van der Waals surface area contributed by atoms with Crippen LogP contribution >= 0.6 is 15.9 Å². The molecule has 0 saturated carbocycles. The van der Waals surface area contributed by atoms with E-state index in [0.717, 1.165) is 0 Å². The van der Waals surface area contributed by atoms with Gasteiger partial charge in [0.2, 0.25) is 5.91 Å². The van der Waals surface area contributed by atoms with Gasteiger partial charge in [-0.2, -0.15) is 0 Å². The molecule has 2 amide bonds. The van der Waals surface area contributed by atoms with E-state index in [1.165, 1.54) is 0 Å². The van der Waals surface area contributed by atoms with Crippen molar-refractivity contribution in [3.63, 3.8) is 0 Å². The highest BCUT2D eigenvalue weighted by molar-refractivity contribution is 9.10. The number of amides is 2.